The van der Waals surface area contributed by atoms with Crippen molar-refractivity contribution in [3.05, 3.63) is 83.3 Å². The number of amides is 1. The molecular weight excluding hydrogens is 390 g/mol. The Morgan fingerprint density at radius 2 is 1.87 bits per heavy atom. The molecule has 0 atom stereocenters. The number of rotatable bonds is 5. The Morgan fingerprint density at radius 1 is 1.00 bits per heavy atom. The number of nitrogens with zero attached hydrogens (tertiary/aromatic N) is 2. The lowest BCUT2D eigenvalue weighted by Crippen LogP contribution is -2.17. The topological polar surface area (TPSA) is 91.9 Å². The van der Waals surface area contributed by atoms with Gasteiger partial charge >= 0.3 is 0 Å². The summed E-state index contributed by atoms with van der Waals surface area (Å²) in [5.41, 5.74) is 3.71. The predicted octanol–water partition coefficient (Wildman–Crippen LogP) is 3.94. The number of H-pyrrole nitrogens is 1. The quantitative estimate of drug-likeness (QED) is 0.461. The van der Waals surface area contributed by atoms with Crippen molar-refractivity contribution in [2.75, 3.05) is 23.8 Å². The number of ether oxygens (including phenoxy) is 1. The molecule has 31 heavy (non-hydrogen) atoms. The molecule has 0 radical (unpaired) electrons. The van der Waals surface area contributed by atoms with Gasteiger partial charge in [0, 0.05) is 48.3 Å². The van der Waals surface area contributed by atoms with Crippen LogP contribution in [0, 0.1) is 0 Å². The highest BCUT2D eigenvalue weighted by Crippen LogP contribution is 2.24. The molecule has 0 bridgehead atoms. The number of anilines is 2. The number of fused-ring (bicyclic) bond motifs is 2. The highest BCUT2D eigenvalue weighted by atomic mass is 16.5. The average molecular weight is 413 g/mol. The summed E-state index contributed by atoms with van der Waals surface area (Å²) >= 11 is 0. The molecule has 2 aromatic carbocycles. The van der Waals surface area contributed by atoms with Crippen molar-refractivity contribution in [3.63, 3.8) is 0 Å². The van der Waals surface area contributed by atoms with Crippen LogP contribution in [0.3, 0.4) is 0 Å². The maximum Gasteiger partial charge on any atom is 0.258 e. The number of nitrogens with one attached hydrogen (secondary N) is 3. The summed E-state index contributed by atoms with van der Waals surface area (Å²) in [6.07, 6.45) is 5.13. The molecule has 0 saturated carbocycles. The molecule has 0 saturated heterocycles. The molecule has 156 valence electrons. The zero-order valence-corrected chi connectivity index (χ0v) is 17.0. The van der Waals surface area contributed by atoms with Crippen LogP contribution in [0.1, 0.15) is 27.2 Å². The highest BCUT2D eigenvalue weighted by molar-refractivity contribution is 6.12. The van der Waals surface area contributed by atoms with E-state index < -0.39 is 0 Å². The summed E-state index contributed by atoms with van der Waals surface area (Å²) < 4.78 is 5.64. The maximum atomic E-state index is 13.0. The van der Waals surface area contributed by atoms with Gasteiger partial charge in [0.1, 0.15) is 5.82 Å². The largest absolute Gasteiger partial charge is 0.381 e. The molecule has 0 spiro atoms. The minimum atomic E-state index is -0.232. The van der Waals surface area contributed by atoms with Crippen molar-refractivity contribution in [1.29, 1.82) is 0 Å². The molecule has 7 heteroatoms. The Balaban J connectivity index is 1.44. The van der Waals surface area contributed by atoms with Gasteiger partial charge in [0.05, 0.1) is 18.9 Å². The molecule has 1 amide bonds. The van der Waals surface area contributed by atoms with Crippen molar-refractivity contribution < 1.29 is 9.53 Å². The summed E-state index contributed by atoms with van der Waals surface area (Å²) in [5.74, 6) is 0.812. The smallest absolute Gasteiger partial charge is 0.258 e. The third-order valence-corrected chi connectivity index (χ3v) is 5.45. The van der Waals surface area contributed by atoms with Crippen LogP contribution in [0.2, 0.25) is 0 Å². The number of aromatic nitrogens is 3. The van der Waals surface area contributed by atoms with Crippen LogP contribution in [-0.4, -0.2) is 34.1 Å². The molecule has 4 aromatic rings. The second kappa shape index (κ2) is 8.57. The van der Waals surface area contributed by atoms with Crippen molar-refractivity contribution in [3.8, 4) is 0 Å². The molecule has 3 N–H and O–H groups in total. The van der Waals surface area contributed by atoms with Crippen molar-refractivity contribution in [2.24, 2.45) is 0 Å². The fourth-order valence-corrected chi connectivity index (χ4v) is 3.88. The van der Waals surface area contributed by atoms with E-state index in [1.807, 2.05) is 42.7 Å². The second-order valence-corrected chi connectivity index (χ2v) is 7.49. The van der Waals surface area contributed by atoms with Crippen molar-refractivity contribution in [2.45, 2.75) is 19.4 Å². The minimum absolute atomic E-state index is 0.232. The van der Waals surface area contributed by atoms with E-state index in [4.69, 9.17) is 4.74 Å². The van der Waals surface area contributed by atoms with Gasteiger partial charge in [-0.05, 0) is 17.0 Å². The first-order chi connectivity index (χ1) is 15.3. The summed E-state index contributed by atoms with van der Waals surface area (Å²) in [6, 6.07) is 15.8. The zero-order chi connectivity index (χ0) is 21.0. The molecule has 0 fully saturated rings. The Morgan fingerprint density at radius 3 is 2.77 bits per heavy atom. The molecule has 0 aliphatic carbocycles. The summed E-state index contributed by atoms with van der Waals surface area (Å²) in [5, 5.41) is 8.18. The van der Waals surface area contributed by atoms with Crippen LogP contribution in [0.25, 0.3) is 10.8 Å². The zero-order valence-electron chi connectivity index (χ0n) is 17.0. The summed E-state index contributed by atoms with van der Waals surface area (Å²) in [6.45, 7) is 1.89. The van der Waals surface area contributed by atoms with Crippen LogP contribution in [0.5, 0.6) is 0 Å². The van der Waals surface area contributed by atoms with Gasteiger partial charge in [0.25, 0.3) is 5.91 Å². The van der Waals surface area contributed by atoms with E-state index >= 15 is 0 Å². The monoisotopic (exact) mass is 413 g/mol. The fraction of sp³-hybridized carbons (Fsp3) is 0.208. The van der Waals surface area contributed by atoms with Crippen LogP contribution >= 0.6 is 0 Å². The van der Waals surface area contributed by atoms with Gasteiger partial charge in [-0.15, -0.1) is 0 Å². The van der Waals surface area contributed by atoms with E-state index in [0.29, 0.717) is 37.7 Å². The Bertz CT molecular complexity index is 1220. The molecule has 3 heterocycles. The van der Waals surface area contributed by atoms with Gasteiger partial charge < -0.3 is 15.0 Å². The van der Waals surface area contributed by atoms with Gasteiger partial charge in [0.15, 0.2) is 0 Å². The standard InChI is InChI=1S/C24H23N5O2/c30-23(18-8-4-7-17-14-25-15-20(17)18)29-24-27-21-10-12-31-11-9-19(21)22(28-24)26-13-16-5-2-1-3-6-16/h1-8,14-15,25H,9-13H2,(H2,26,27,28,29,30). The average Bonchev–Trinajstić information content (AvgIpc) is 3.16. The van der Waals surface area contributed by atoms with Crippen LogP contribution in [-0.2, 0) is 24.1 Å². The normalized spacial score (nSPS) is 13.4. The summed E-state index contributed by atoms with van der Waals surface area (Å²) in [4.78, 5) is 25.4. The van der Waals surface area contributed by atoms with Gasteiger partial charge in [-0.1, -0.05) is 42.5 Å². The van der Waals surface area contributed by atoms with Crippen molar-refractivity contribution >= 4 is 28.4 Å². The first-order valence-electron chi connectivity index (χ1n) is 10.4. The number of hydrogen-bond acceptors (Lipinski definition) is 5. The number of aromatic amines is 1. The summed E-state index contributed by atoms with van der Waals surface area (Å²) in [7, 11) is 0. The number of carbonyl (C=O) groups is 1. The Labute approximate surface area is 179 Å². The third kappa shape index (κ3) is 4.13. The van der Waals surface area contributed by atoms with E-state index in [2.05, 4.69) is 37.7 Å². The van der Waals surface area contributed by atoms with Gasteiger partial charge in [0.2, 0.25) is 5.95 Å². The number of benzene rings is 2. The number of carbonyl (C=O) groups excluding carboxylic acids is 1. The van der Waals surface area contributed by atoms with E-state index in [0.717, 1.165) is 39.8 Å². The van der Waals surface area contributed by atoms with Gasteiger partial charge in [-0.25, -0.2) is 4.98 Å². The van der Waals surface area contributed by atoms with E-state index in [-0.39, 0.29) is 5.91 Å². The van der Waals surface area contributed by atoms with Gasteiger partial charge in [-0.3, -0.25) is 10.1 Å². The molecular formula is C24H23N5O2. The minimum Gasteiger partial charge on any atom is -0.381 e. The van der Waals surface area contributed by atoms with Crippen molar-refractivity contribution in [1.82, 2.24) is 15.0 Å². The predicted molar refractivity (Wildman–Crippen MR) is 120 cm³/mol. The third-order valence-electron chi connectivity index (χ3n) is 5.45. The Kier molecular flexibility index (Phi) is 5.33. The molecule has 2 aromatic heterocycles. The van der Waals surface area contributed by atoms with Crippen LogP contribution in [0.4, 0.5) is 11.8 Å². The Hall–Kier alpha value is -3.71. The number of hydrogen-bond donors (Lipinski definition) is 3. The first-order valence-corrected chi connectivity index (χ1v) is 10.4. The van der Waals surface area contributed by atoms with E-state index in [9.17, 15) is 4.79 Å². The highest BCUT2D eigenvalue weighted by Gasteiger charge is 2.19. The molecule has 1 aliphatic rings. The SMILES string of the molecule is O=C(Nc1nc2c(c(NCc3ccccc3)n1)CCOCC2)c1cccc2c[nH]cc12. The maximum absolute atomic E-state index is 13.0. The lowest BCUT2D eigenvalue weighted by Gasteiger charge is -2.15. The van der Waals surface area contributed by atoms with E-state index in [1.54, 1.807) is 6.07 Å². The van der Waals surface area contributed by atoms with Crippen LogP contribution < -0.4 is 10.6 Å². The van der Waals surface area contributed by atoms with Gasteiger partial charge in [-0.2, -0.15) is 4.98 Å². The molecule has 1 aliphatic heterocycles. The first kappa shape index (κ1) is 19.3. The second-order valence-electron chi connectivity index (χ2n) is 7.49. The molecule has 7 nitrogen and oxygen atoms in total. The lowest BCUT2D eigenvalue weighted by molar-refractivity contribution is 0.102. The molecule has 5 rings (SSSR count). The lowest BCUT2D eigenvalue weighted by atomic mass is 10.1. The molecule has 0 unspecified atom stereocenters. The van der Waals surface area contributed by atoms with E-state index in [1.165, 1.54) is 0 Å². The van der Waals surface area contributed by atoms with Crippen LogP contribution in [0.15, 0.2) is 60.9 Å². The fourth-order valence-electron chi connectivity index (χ4n) is 3.88.